The van der Waals surface area contributed by atoms with E-state index < -0.39 is 11.8 Å². The molecule has 2 aliphatic heterocycles. The van der Waals surface area contributed by atoms with Gasteiger partial charge in [0, 0.05) is 29.8 Å². The minimum atomic E-state index is -0.953. The predicted molar refractivity (Wildman–Crippen MR) is 153 cm³/mol. The Bertz CT molecular complexity index is 1650. The van der Waals surface area contributed by atoms with E-state index in [0.29, 0.717) is 18.0 Å². The fourth-order valence-electron chi connectivity index (χ4n) is 5.79. The van der Waals surface area contributed by atoms with Crippen molar-refractivity contribution in [2.75, 3.05) is 19.7 Å². The molecule has 10 heteroatoms. The van der Waals surface area contributed by atoms with Gasteiger partial charge in [0.25, 0.3) is 0 Å². The summed E-state index contributed by atoms with van der Waals surface area (Å²) in [6, 6.07) is 17.1. The first kappa shape index (κ1) is 27.8. The van der Waals surface area contributed by atoms with Crippen LogP contribution in [-0.2, 0) is 17.9 Å². The first-order valence-corrected chi connectivity index (χ1v) is 14.3. The maximum Gasteiger partial charge on any atom is 0.335 e. The van der Waals surface area contributed by atoms with Gasteiger partial charge in [-0.2, -0.15) is 5.26 Å². The van der Waals surface area contributed by atoms with E-state index in [1.165, 1.54) is 6.07 Å². The lowest BCUT2D eigenvalue weighted by atomic mass is 9.92. The molecule has 0 bridgehead atoms. The van der Waals surface area contributed by atoms with Gasteiger partial charge in [-0.05, 0) is 75.7 Å². The Morgan fingerprint density at radius 3 is 2.67 bits per heavy atom. The number of aromatic nitrogens is 3. The summed E-state index contributed by atoms with van der Waals surface area (Å²) in [6.45, 7) is 5.32. The molecule has 42 heavy (non-hydrogen) atoms. The number of benzene rings is 2. The number of nitriles is 1. The number of fused-ring (bicyclic) bond motifs is 1. The number of carbonyl (C=O) groups is 1. The van der Waals surface area contributed by atoms with Crippen LogP contribution in [0.15, 0.2) is 54.6 Å². The molecule has 6 rings (SSSR count). The number of nitrogens with zero attached hydrogens (tertiary/aromatic N) is 5. The molecular formula is C32H32FN5O4. The Kier molecular flexibility index (Phi) is 7.87. The standard InChI is InChI=1S/C32H32FN5O4/c1-20(31-36-28-8-7-23(32(39)40)16-29(28)38(31)18-25-11-14-41-25)37-12-9-22(10-13-37)27-3-2-4-30(35-27)42-19-24-6-5-21(17-34)15-26(24)33/h2-8,15-16,20,22,25H,9-14,18-19H2,1H3,(H,39,40)/t20-,25-/m0/s1. The van der Waals surface area contributed by atoms with Gasteiger partial charge in [-0.25, -0.2) is 19.2 Å². The molecule has 2 fully saturated rings. The van der Waals surface area contributed by atoms with Crippen molar-refractivity contribution in [2.24, 2.45) is 0 Å². The van der Waals surface area contributed by atoms with Crippen LogP contribution in [0.2, 0.25) is 0 Å². The summed E-state index contributed by atoms with van der Waals surface area (Å²) in [5.74, 6) is 0.210. The second kappa shape index (κ2) is 11.9. The monoisotopic (exact) mass is 569 g/mol. The molecule has 4 heterocycles. The minimum absolute atomic E-state index is 0.0325. The molecule has 0 spiro atoms. The van der Waals surface area contributed by atoms with Gasteiger partial charge in [-0.15, -0.1) is 0 Å². The van der Waals surface area contributed by atoms with Crippen molar-refractivity contribution in [3.8, 4) is 11.9 Å². The molecule has 0 aliphatic carbocycles. The summed E-state index contributed by atoms with van der Waals surface area (Å²) in [7, 11) is 0. The smallest absolute Gasteiger partial charge is 0.335 e. The van der Waals surface area contributed by atoms with Crippen molar-refractivity contribution >= 4 is 17.0 Å². The van der Waals surface area contributed by atoms with Crippen LogP contribution in [0.5, 0.6) is 5.88 Å². The van der Waals surface area contributed by atoms with Crippen LogP contribution in [0, 0.1) is 17.1 Å². The third kappa shape index (κ3) is 5.71. The Labute approximate surface area is 243 Å². The molecule has 0 saturated carbocycles. The maximum atomic E-state index is 14.3. The Morgan fingerprint density at radius 2 is 1.98 bits per heavy atom. The molecule has 2 aliphatic rings. The lowest BCUT2D eigenvalue weighted by Gasteiger charge is -2.36. The van der Waals surface area contributed by atoms with Gasteiger partial charge in [0.1, 0.15) is 18.2 Å². The van der Waals surface area contributed by atoms with Crippen LogP contribution >= 0.6 is 0 Å². The largest absolute Gasteiger partial charge is 0.478 e. The number of halogens is 1. The number of pyridine rings is 1. The molecule has 0 radical (unpaired) electrons. The second-order valence-electron chi connectivity index (χ2n) is 11.0. The highest BCUT2D eigenvalue weighted by Crippen LogP contribution is 2.34. The summed E-state index contributed by atoms with van der Waals surface area (Å²) < 4.78 is 27.9. The fourth-order valence-corrected chi connectivity index (χ4v) is 5.79. The molecule has 0 unspecified atom stereocenters. The van der Waals surface area contributed by atoms with Crippen molar-refractivity contribution in [1.82, 2.24) is 19.4 Å². The van der Waals surface area contributed by atoms with E-state index in [2.05, 4.69) is 16.4 Å². The number of ether oxygens (including phenoxy) is 2. The van der Waals surface area contributed by atoms with Crippen LogP contribution in [0.1, 0.15) is 71.1 Å². The van der Waals surface area contributed by atoms with E-state index in [4.69, 9.17) is 24.7 Å². The molecule has 216 valence electrons. The number of hydrogen-bond acceptors (Lipinski definition) is 7. The van der Waals surface area contributed by atoms with Crippen LogP contribution in [-0.4, -0.2) is 56.3 Å². The van der Waals surface area contributed by atoms with Crippen LogP contribution in [0.3, 0.4) is 0 Å². The summed E-state index contributed by atoms with van der Waals surface area (Å²) >= 11 is 0. The van der Waals surface area contributed by atoms with Crippen molar-refractivity contribution in [2.45, 2.75) is 57.4 Å². The molecular weight excluding hydrogens is 537 g/mol. The van der Waals surface area contributed by atoms with Crippen LogP contribution in [0.4, 0.5) is 4.39 Å². The summed E-state index contributed by atoms with van der Waals surface area (Å²) in [6.07, 6.45) is 2.93. The second-order valence-corrected chi connectivity index (χ2v) is 11.0. The summed E-state index contributed by atoms with van der Waals surface area (Å²) in [5, 5.41) is 18.5. The zero-order valence-corrected chi connectivity index (χ0v) is 23.4. The Balaban J connectivity index is 1.13. The lowest BCUT2D eigenvalue weighted by molar-refractivity contribution is -0.0594. The van der Waals surface area contributed by atoms with Crippen molar-refractivity contribution in [3.63, 3.8) is 0 Å². The van der Waals surface area contributed by atoms with Gasteiger partial charge in [0.2, 0.25) is 5.88 Å². The van der Waals surface area contributed by atoms with E-state index in [0.717, 1.165) is 61.5 Å². The number of hydrogen-bond donors (Lipinski definition) is 1. The predicted octanol–water partition coefficient (Wildman–Crippen LogP) is 5.45. The molecule has 0 amide bonds. The number of aromatic carboxylic acids is 1. The Hall–Kier alpha value is -4.33. The number of likely N-dealkylation sites (tertiary alicyclic amines) is 1. The van der Waals surface area contributed by atoms with Crippen molar-refractivity contribution < 1.29 is 23.8 Å². The lowest BCUT2D eigenvalue weighted by Crippen LogP contribution is -2.37. The minimum Gasteiger partial charge on any atom is -0.478 e. The van der Waals surface area contributed by atoms with Crippen LogP contribution in [0.25, 0.3) is 11.0 Å². The van der Waals surface area contributed by atoms with Crippen LogP contribution < -0.4 is 4.74 Å². The summed E-state index contributed by atoms with van der Waals surface area (Å²) in [4.78, 5) is 23.7. The molecule has 2 aromatic heterocycles. The molecule has 9 nitrogen and oxygen atoms in total. The van der Waals surface area contributed by atoms with Gasteiger partial charge >= 0.3 is 5.97 Å². The van der Waals surface area contributed by atoms with Gasteiger partial charge in [0.05, 0.1) is 46.9 Å². The third-order valence-electron chi connectivity index (χ3n) is 8.38. The molecule has 1 N–H and O–H groups in total. The van der Waals surface area contributed by atoms with Gasteiger partial charge in [-0.3, -0.25) is 4.90 Å². The zero-order valence-electron chi connectivity index (χ0n) is 23.4. The quantitative estimate of drug-likeness (QED) is 0.283. The van der Waals surface area contributed by atoms with Gasteiger partial charge in [-0.1, -0.05) is 12.1 Å². The molecule has 2 atom stereocenters. The first-order valence-electron chi connectivity index (χ1n) is 14.3. The first-order chi connectivity index (χ1) is 20.4. The highest BCUT2D eigenvalue weighted by Gasteiger charge is 2.30. The number of rotatable bonds is 9. The number of imidazole rings is 1. The van der Waals surface area contributed by atoms with E-state index in [-0.39, 0.29) is 35.8 Å². The van der Waals surface area contributed by atoms with Gasteiger partial charge in [0.15, 0.2) is 0 Å². The normalized spacial score (nSPS) is 18.4. The third-order valence-corrected chi connectivity index (χ3v) is 8.38. The average Bonchev–Trinajstić information content (AvgIpc) is 3.35. The van der Waals surface area contributed by atoms with Crippen molar-refractivity contribution in [3.05, 3.63) is 88.6 Å². The maximum absolute atomic E-state index is 14.3. The van der Waals surface area contributed by atoms with Gasteiger partial charge < -0.3 is 19.1 Å². The molecule has 4 aromatic rings. The number of carboxylic acid groups (broad SMARTS) is 1. The van der Waals surface area contributed by atoms with E-state index >= 15 is 0 Å². The number of piperidine rings is 1. The average molecular weight is 570 g/mol. The zero-order chi connectivity index (χ0) is 29.2. The topological polar surface area (TPSA) is 113 Å². The summed E-state index contributed by atoms with van der Waals surface area (Å²) in [5.41, 5.74) is 3.46. The highest BCUT2D eigenvalue weighted by atomic mass is 19.1. The fraction of sp³-hybridized carbons (Fsp3) is 0.375. The molecule has 2 saturated heterocycles. The molecule has 2 aromatic carbocycles. The van der Waals surface area contributed by atoms with E-state index in [1.54, 1.807) is 36.4 Å². The van der Waals surface area contributed by atoms with Crippen molar-refractivity contribution in [1.29, 1.82) is 5.26 Å². The SMILES string of the molecule is C[C@@H](c1nc2ccc(C(=O)O)cc2n1C[C@@H]1CCO1)N1CCC(c2cccc(OCc3ccc(C#N)cc3F)n2)CC1. The Morgan fingerprint density at radius 1 is 1.17 bits per heavy atom. The number of carboxylic acids is 1. The van der Waals surface area contributed by atoms with E-state index in [1.807, 2.05) is 18.2 Å². The highest BCUT2D eigenvalue weighted by molar-refractivity contribution is 5.92. The van der Waals surface area contributed by atoms with E-state index in [9.17, 15) is 14.3 Å².